The molecule has 0 aliphatic rings. The second-order valence-electron chi connectivity index (χ2n) is 11.9. The maximum atomic E-state index is 13.3. The van der Waals surface area contributed by atoms with E-state index in [1.54, 1.807) is 24.3 Å². The van der Waals surface area contributed by atoms with Gasteiger partial charge in [0.1, 0.15) is 23.8 Å². The Balaban J connectivity index is 1.56. The number of nitrogens with zero attached hydrogens (tertiary/aromatic N) is 2. The Bertz CT molecular complexity index is 1700. The van der Waals surface area contributed by atoms with Crippen molar-refractivity contribution in [2.24, 2.45) is 0 Å². The molecule has 0 radical (unpaired) electrons. The van der Waals surface area contributed by atoms with Gasteiger partial charge in [0.05, 0.1) is 11.0 Å². The number of sulfonamides is 1. The number of oxazole rings is 1. The van der Waals surface area contributed by atoms with Crippen LogP contribution in [0.2, 0.25) is 0 Å². The number of rotatable bonds is 12. The Morgan fingerprint density at radius 2 is 1.73 bits per heavy atom. The zero-order valence-corrected chi connectivity index (χ0v) is 26.0. The molecule has 3 aromatic carbocycles. The molecule has 0 aliphatic heterocycles. The molecule has 0 saturated heterocycles. The fourth-order valence-electron chi connectivity index (χ4n) is 4.76. The van der Waals surface area contributed by atoms with E-state index in [4.69, 9.17) is 14.4 Å². The molecule has 218 valence electrons. The maximum Gasteiger partial charge on any atom is 0.240 e. The molecule has 0 aliphatic carbocycles. The molecule has 8 heteroatoms. The van der Waals surface area contributed by atoms with Crippen LogP contribution in [-0.4, -0.2) is 26.1 Å². The van der Waals surface area contributed by atoms with Crippen molar-refractivity contribution in [3.63, 3.8) is 0 Å². The molecule has 0 fully saturated rings. The summed E-state index contributed by atoms with van der Waals surface area (Å²) in [7, 11) is -3.80. The summed E-state index contributed by atoms with van der Waals surface area (Å²) in [5.74, 6) is 1.14. The summed E-state index contributed by atoms with van der Waals surface area (Å²) in [6.45, 7) is 15.5. The lowest BCUT2D eigenvalue weighted by atomic mass is 9.76. The molecule has 1 atom stereocenters. The Morgan fingerprint density at radius 1 is 1.00 bits per heavy atom. The van der Waals surface area contributed by atoms with Crippen LogP contribution in [-0.2, 0) is 27.3 Å². The van der Waals surface area contributed by atoms with Gasteiger partial charge < -0.3 is 9.15 Å². The van der Waals surface area contributed by atoms with E-state index in [1.807, 2.05) is 25.1 Å². The summed E-state index contributed by atoms with van der Waals surface area (Å²) < 4.78 is 41.7. The highest BCUT2D eigenvalue weighted by molar-refractivity contribution is 7.89. The molecule has 4 rings (SSSR count). The van der Waals surface area contributed by atoms with E-state index in [-0.39, 0.29) is 34.8 Å². The Hall–Kier alpha value is -3.41. The van der Waals surface area contributed by atoms with E-state index in [0.717, 1.165) is 29.5 Å². The fraction of sp³-hybridized carbons (Fsp3) is 0.455. The van der Waals surface area contributed by atoms with Crippen molar-refractivity contribution < 1.29 is 17.6 Å². The number of fused-ring (bicyclic) bond motifs is 3. The summed E-state index contributed by atoms with van der Waals surface area (Å²) in [4.78, 5) is 4.49. The van der Waals surface area contributed by atoms with Crippen molar-refractivity contribution in [3.8, 4) is 11.8 Å². The summed E-state index contributed by atoms with van der Waals surface area (Å²) in [5, 5.41) is 10.4. The highest BCUT2D eigenvalue weighted by atomic mass is 32.2. The van der Waals surface area contributed by atoms with Gasteiger partial charge >= 0.3 is 0 Å². The van der Waals surface area contributed by atoms with Crippen molar-refractivity contribution in [2.45, 2.75) is 96.0 Å². The average Bonchev–Trinajstić information content (AvgIpc) is 3.38. The number of ether oxygens (including phenoxy) is 1. The number of hydrogen-bond acceptors (Lipinski definition) is 6. The SMILES string of the molecule is CCC(CNS(=O)(=O)c1ccc2c(ccc3nc(CC#N)oc32)c1)Oc1ccc(C(C)(C)CC)cc1C(C)(C)CC. The minimum atomic E-state index is -3.80. The predicted molar refractivity (Wildman–Crippen MR) is 164 cm³/mol. The number of benzene rings is 3. The highest BCUT2D eigenvalue weighted by Gasteiger charge is 2.28. The van der Waals surface area contributed by atoms with Crippen molar-refractivity contribution in [3.05, 3.63) is 65.5 Å². The first-order chi connectivity index (χ1) is 19.3. The van der Waals surface area contributed by atoms with Gasteiger partial charge in [-0.25, -0.2) is 18.1 Å². The van der Waals surface area contributed by atoms with Gasteiger partial charge in [-0.15, -0.1) is 0 Å². The third-order valence-corrected chi connectivity index (χ3v) is 9.86. The van der Waals surface area contributed by atoms with Gasteiger partial charge in [-0.05, 0) is 71.4 Å². The second kappa shape index (κ2) is 11.8. The Kier molecular flexibility index (Phi) is 8.81. The minimum absolute atomic E-state index is 0.0505. The molecule has 0 amide bonds. The zero-order valence-electron chi connectivity index (χ0n) is 25.2. The quantitative estimate of drug-likeness (QED) is 0.187. The van der Waals surface area contributed by atoms with Crippen molar-refractivity contribution in [2.75, 3.05) is 6.54 Å². The molecular weight excluding hydrogens is 534 g/mol. The van der Waals surface area contributed by atoms with E-state index in [0.29, 0.717) is 28.8 Å². The van der Waals surface area contributed by atoms with Crippen LogP contribution in [0, 0.1) is 11.3 Å². The fourth-order valence-corrected chi connectivity index (χ4v) is 5.86. The van der Waals surface area contributed by atoms with Crippen molar-refractivity contribution in [1.82, 2.24) is 9.71 Å². The van der Waals surface area contributed by atoms with Crippen LogP contribution in [0.15, 0.2) is 57.8 Å². The topological polar surface area (TPSA) is 105 Å². The monoisotopic (exact) mass is 575 g/mol. The van der Waals surface area contributed by atoms with E-state index >= 15 is 0 Å². The van der Waals surface area contributed by atoms with Gasteiger partial charge in [0, 0.05) is 17.5 Å². The normalized spacial score (nSPS) is 13.4. The highest BCUT2D eigenvalue weighted by Crippen LogP contribution is 2.39. The molecule has 0 bridgehead atoms. The standard InChI is InChI=1S/C33H41N3O4S/c1-8-24(39-29-16-12-23(32(4,5)9-2)20-27(29)33(6,7)10-3)21-35-41(37,38)25-13-14-26-22(19-25)11-15-28-31(26)40-30(36-28)17-18-34/h11-16,19-20,24,35H,8-10,17,21H2,1-7H3. The molecule has 41 heavy (non-hydrogen) atoms. The summed E-state index contributed by atoms with van der Waals surface area (Å²) in [6, 6.07) is 17.0. The second-order valence-corrected chi connectivity index (χ2v) is 13.7. The number of hydrogen-bond donors (Lipinski definition) is 1. The van der Waals surface area contributed by atoms with Crippen LogP contribution >= 0.6 is 0 Å². The summed E-state index contributed by atoms with van der Waals surface area (Å²) in [6.07, 6.45) is 2.35. The molecule has 1 heterocycles. The first-order valence-electron chi connectivity index (χ1n) is 14.4. The molecule has 0 spiro atoms. The van der Waals surface area contributed by atoms with Crippen LogP contribution in [0.3, 0.4) is 0 Å². The molecule has 0 saturated carbocycles. The molecule has 1 aromatic heterocycles. The number of nitrogens with one attached hydrogen (secondary N) is 1. The van der Waals surface area contributed by atoms with E-state index in [2.05, 4.69) is 63.4 Å². The largest absolute Gasteiger partial charge is 0.489 e. The first kappa shape index (κ1) is 30.5. The lowest BCUT2D eigenvalue weighted by molar-refractivity contribution is 0.195. The van der Waals surface area contributed by atoms with Gasteiger partial charge in [-0.1, -0.05) is 66.7 Å². The summed E-state index contributed by atoms with van der Waals surface area (Å²) >= 11 is 0. The molecule has 4 aromatic rings. The molecule has 1 N–H and O–H groups in total. The van der Waals surface area contributed by atoms with Crippen LogP contribution in [0.4, 0.5) is 0 Å². The van der Waals surface area contributed by atoms with Crippen LogP contribution in [0.1, 0.15) is 84.7 Å². The molecule has 7 nitrogen and oxygen atoms in total. The van der Waals surface area contributed by atoms with E-state index in [9.17, 15) is 8.42 Å². The van der Waals surface area contributed by atoms with Crippen molar-refractivity contribution >= 4 is 31.9 Å². The minimum Gasteiger partial charge on any atom is -0.489 e. The van der Waals surface area contributed by atoms with Crippen molar-refractivity contribution in [1.29, 1.82) is 5.26 Å². The Labute approximate surface area is 244 Å². The van der Waals surface area contributed by atoms with Crippen LogP contribution < -0.4 is 9.46 Å². The number of aromatic nitrogens is 1. The van der Waals surface area contributed by atoms with E-state index < -0.39 is 10.0 Å². The van der Waals surface area contributed by atoms with Gasteiger partial charge in [-0.3, -0.25) is 0 Å². The maximum absolute atomic E-state index is 13.3. The van der Waals surface area contributed by atoms with Gasteiger partial charge in [0.15, 0.2) is 5.58 Å². The lowest BCUT2D eigenvalue weighted by Crippen LogP contribution is -2.35. The smallest absolute Gasteiger partial charge is 0.240 e. The van der Waals surface area contributed by atoms with Gasteiger partial charge in [0.2, 0.25) is 15.9 Å². The van der Waals surface area contributed by atoms with E-state index in [1.165, 1.54) is 5.56 Å². The lowest BCUT2D eigenvalue weighted by Gasteiger charge is -2.31. The molecular formula is C33H41N3O4S. The zero-order chi connectivity index (χ0) is 30.0. The Morgan fingerprint density at radius 3 is 2.39 bits per heavy atom. The van der Waals surface area contributed by atoms with Crippen LogP contribution in [0.25, 0.3) is 21.9 Å². The predicted octanol–water partition coefficient (Wildman–Crippen LogP) is 7.56. The summed E-state index contributed by atoms with van der Waals surface area (Å²) in [5.41, 5.74) is 3.56. The number of nitriles is 1. The third-order valence-electron chi connectivity index (χ3n) is 8.43. The third kappa shape index (κ3) is 6.42. The molecule has 1 unspecified atom stereocenters. The van der Waals surface area contributed by atoms with Gasteiger partial charge in [0.25, 0.3) is 0 Å². The first-order valence-corrected chi connectivity index (χ1v) is 15.8. The van der Waals surface area contributed by atoms with Crippen LogP contribution in [0.5, 0.6) is 5.75 Å². The average molecular weight is 576 g/mol. The van der Waals surface area contributed by atoms with Gasteiger partial charge in [-0.2, -0.15) is 5.26 Å².